The van der Waals surface area contributed by atoms with Gasteiger partial charge in [-0.2, -0.15) is 5.10 Å². The fourth-order valence-electron chi connectivity index (χ4n) is 3.09. The predicted octanol–water partition coefficient (Wildman–Crippen LogP) is 4.26. The zero-order chi connectivity index (χ0) is 16.5. The minimum Gasteiger partial charge on any atom is -0.370 e. The Morgan fingerprint density at radius 3 is 2.88 bits per heavy atom. The normalized spacial score (nSPS) is 13.8. The molecule has 1 aliphatic rings. The van der Waals surface area contributed by atoms with Gasteiger partial charge in [0.25, 0.3) is 5.69 Å². The van der Waals surface area contributed by atoms with Crippen LogP contribution in [0, 0.1) is 10.1 Å². The molecule has 7 heteroatoms. The molecule has 3 heterocycles. The summed E-state index contributed by atoms with van der Waals surface area (Å²) >= 11 is 1.64. The molecule has 0 aliphatic carbocycles. The van der Waals surface area contributed by atoms with Crippen LogP contribution in [-0.2, 0) is 6.42 Å². The van der Waals surface area contributed by atoms with E-state index in [1.54, 1.807) is 34.2 Å². The Kier molecular flexibility index (Phi) is 3.78. The maximum Gasteiger partial charge on any atom is 0.294 e. The number of fused-ring (bicyclic) bond motifs is 1. The molecule has 0 fully saturated rings. The van der Waals surface area contributed by atoms with Crippen molar-refractivity contribution < 1.29 is 4.92 Å². The number of nitrogens with zero attached hydrogens (tertiary/aromatic N) is 3. The third kappa shape index (κ3) is 2.46. The monoisotopic (exact) mass is 340 g/mol. The Morgan fingerprint density at radius 2 is 2.08 bits per heavy atom. The molecule has 2 aromatic heterocycles. The number of rotatable bonds is 3. The van der Waals surface area contributed by atoms with Crippen molar-refractivity contribution in [2.24, 2.45) is 0 Å². The summed E-state index contributed by atoms with van der Waals surface area (Å²) in [6.45, 7) is 0.850. The largest absolute Gasteiger partial charge is 0.370 e. The zero-order valence-electron chi connectivity index (χ0n) is 12.9. The van der Waals surface area contributed by atoms with E-state index in [2.05, 4.69) is 5.32 Å². The molecule has 0 amide bonds. The first-order valence-corrected chi connectivity index (χ1v) is 8.77. The number of benzene rings is 1. The van der Waals surface area contributed by atoms with Crippen LogP contribution in [0.25, 0.3) is 16.3 Å². The van der Waals surface area contributed by atoms with Gasteiger partial charge in [-0.05, 0) is 36.8 Å². The van der Waals surface area contributed by atoms with Gasteiger partial charge in [-0.15, -0.1) is 11.3 Å². The van der Waals surface area contributed by atoms with Crippen LogP contribution >= 0.6 is 11.3 Å². The van der Waals surface area contributed by atoms with Crippen molar-refractivity contribution in [2.45, 2.75) is 19.3 Å². The first kappa shape index (κ1) is 14.9. The zero-order valence-corrected chi connectivity index (χ0v) is 13.8. The molecule has 4 rings (SSSR count). The third-order valence-electron chi connectivity index (χ3n) is 4.19. The van der Waals surface area contributed by atoms with Gasteiger partial charge in [-0.25, -0.2) is 4.68 Å². The highest BCUT2D eigenvalue weighted by Gasteiger charge is 2.25. The number of hydrogen-bond donors (Lipinski definition) is 1. The minimum absolute atomic E-state index is 0.0616. The van der Waals surface area contributed by atoms with Gasteiger partial charge in [0.05, 0.1) is 9.80 Å². The van der Waals surface area contributed by atoms with E-state index in [9.17, 15) is 10.1 Å². The molecule has 0 unspecified atom stereocenters. The lowest BCUT2D eigenvalue weighted by molar-refractivity contribution is -0.384. The lowest BCUT2D eigenvalue weighted by Crippen LogP contribution is -2.08. The standard InChI is InChI=1S/C17H16N4O2S/c22-21(23)14-8-2-1-7-13(14)20-17-12(6-3-4-10-18-17)16(19-20)15-9-5-11-24-15/h1-2,5,7-9,11,18H,3-4,6,10H2. The maximum absolute atomic E-state index is 11.4. The fourth-order valence-corrected chi connectivity index (χ4v) is 3.82. The Morgan fingerprint density at radius 1 is 1.21 bits per heavy atom. The van der Waals surface area contributed by atoms with Gasteiger partial charge in [0.2, 0.25) is 0 Å². The summed E-state index contributed by atoms with van der Waals surface area (Å²) in [5.41, 5.74) is 2.63. The molecule has 1 aromatic carbocycles. The van der Waals surface area contributed by atoms with Crippen LogP contribution in [0.4, 0.5) is 11.5 Å². The van der Waals surface area contributed by atoms with Gasteiger partial charge >= 0.3 is 0 Å². The van der Waals surface area contributed by atoms with E-state index in [-0.39, 0.29) is 10.6 Å². The SMILES string of the molecule is O=[N+]([O-])c1ccccc1-n1nc(-c2cccs2)c2c1NCCCC2. The second kappa shape index (κ2) is 6.09. The molecule has 0 bridgehead atoms. The van der Waals surface area contributed by atoms with E-state index in [1.807, 2.05) is 17.5 Å². The molecule has 0 saturated heterocycles. The molecule has 0 saturated carbocycles. The molecule has 122 valence electrons. The number of aromatic nitrogens is 2. The summed E-state index contributed by atoms with van der Waals surface area (Å²) in [4.78, 5) is 12.1. The number of nitro benzene ring substituents is 1. The van der Waals surface area contributed by atoms with Crippen molar-refractivity contribution in [3.63, 3.8) is 0 Å². The first-order valence-electron chi connectivity index (χ1n) is 7.89. The molecule has 6 nitrogen and oxygen atoms in total. The Bertz CT molecular complexity index is 886. The van der Waals surface area contributed by atoms with E-state index in [1.165, 1.54) is 6.07 Å². The van der Waals surface area contributed by atoms with Gasteiger partial charge < -0.3 is 5.32 Å². The molecule has 0 spiro atoms. The van der Waals surface area contributed by atoms with E-state index in [4.69, 9.17) is 5.10 Å². The van der Waals surface area contributed by atoms with Crippen molar-refractivity contribution in [1.29, 1.82) is 0 Å². The lowest BCUT2D eigenvalue weighted by Gasteiger charge is -2.09. The third-order valence-corrected chi connectivity index (χ3v) is 5.07. The number of thiophene rings is 1. The highest BCUT2D eigenvalue weighted by molar-refractivity contribution is 7.13. The lowest BCUT2D eigenvalue weighted by atomic mass is 10.1. The predicted molar refractivity (Wildman–Crippen MR) is 95.0 cm³/mol. The Balaban J connectivity index is 1.95. The number of hydrogen-bond acceptors (Lipinski definition) is 5. The quantitative estimate of drug-likeness (QED) is 0.571. The highest BCUT2D eigenvalue weighted by atomic mass is 32.1. The second-order valence-corrected chi connectivity index (χ2v) is 6.64. The summed E-state index contributed by atoms with van der Waals surface area (Å²) in [6, 6.07) is 10.8. The van der Waals surface area contributed by atoms with E-state index < -0.39 is 0 Å². The average Bonchev–Trinajstić information content (AvgIpc) is 3.17. The van der Waals surface area contributed by atoms with Gasteiger partial charge in [-0.1, -0.05) is 18.2 Å². The van der Waals surface area contributed by atoms with Crippen LogP contribution in [0.2, 0.25) is 0 Å². The number of anilines is 1. The average molecular weight is 340 g/mol. The molecule has 0 radical (unpaired) electrons. The smallest absolute Gasteiger partial charge is 0.294 e. The second-order valence-electron chi connectivity index (χ2n) is 5.69. The van der Waals surface area contributed by atoms with Crippen LogP contribution in [0.3, 0.4) is 0 Å². The van der Waals surface area contributed by atoms with Crippen LogP contribution in [0.5, 0.6) is 0 Å². The van der Waals surface area contributed by atoms with Crippen LogP contribution in [0.1, 0.15) is 18.4 Å². The van der Waals surface area contributed by atoms with Crippen molar-refractivity contribution in [2.75, 3.05) is 11.9 Å². The minimum atomic E-state index is -0.356. The Hall–Kier alpha value is -2.67. The number of nitro groups is 1. The molecule has 1 aliphatic heterocycles. The Labute approximate surface area is 142 Å². The van der Waals surface area contributed by atoms with Crippen LogP contribution in [-0.4, -0.2) is 21.2 Å². The van der Waals surface area contributed by atoms with Crippen LogP contribution < -0.4 is 5.32 Å². The number of nitrogens with one attached hydrogen (secondary N) is 1. The summed E-state index contributed by atoms with van der Waals surface area (Å²) < 4.78 is 1.70. The molecule has 24 heavy (non-hydrogen) atoms. The van der Waals surface area contributed by atoms with Crippen molar-refractivity contribution in [1.82, 2.24) is 9.78 Å². The van der Waals surface area contributed by atoms with Crippen molar-refractivity contribution in [3.8, 4) is 16.3 Å². The number of para-hydroxylation sites is 2. The van der Waals surface area contributed by atoms with Crippen LogP contribution in [0.15, 0.2) is 41.8 Å². The summed E-state index contributed by atoms with van der Waals surface area (Å²) in [7, 11) is 0. The van der Waals surface area contributed by atoms with Crippen molar-refractivity contribution >= 4 is 22.8 Å². The van der Waals surface area contributed by atoms with E-state index in [0.29, 0.717) is 5.69 Å². The van der Waals surface area contributed by atoms with Gasteiger partial charge in [0.15, 0.2) is 0 Å². The molecule has 3 aromatic rings. The van der Waals surface area contributed by atoms with Gasteiger partial charge in [0.1, 0.15) is 17.2 Å². The molecular weight excluding hydrogens is 324 g/mol. The van der Waals surface area contributed by atoms with Gasteiger partial charge in [-0.3, -0.25) is 10.1 Å². The maximum atomic E-state index is 11.4. The molecular formula is C17H16N4O2S. The summed E-state index contributed by atoms with van der Waals surface area (Å²) in [5, 5.41) is 21.6. The van der Waals surface area contributed by atoms with Crippen molar-refractivity contribution in [3.05, 3.63) is 57.5 Å². The topological polar surface area (TPSA) is 73.0 Å². The fraction of sp³-hybridized carbons (Fsp3) is 0.235. The highest BCUT2D eigenvalue weighted by Crippen LogP contribution is 2.37. The summed E-state index contributed by atoms with van der Waals surface area (Å²) in [5.74, 6) is 0.880. The first-order chi connectivity index (χ1) is 11.8. The van der Waals surface area contributed by atoms with E-state index in [0.717, 1.165) is 47.8 Å². The molecule has 0 atom stereocenters. The van der Waals surface area contributed by atoms with E-state index >= 15 is 0 Å². The van der Waals surface area contributed by atoms with Gasteiger partial charge in [0, 0.05) is 18.2 Å². The molecule has 1 N–H and O–H groups in total. The summed E-state index contributed by atoms with van der Waals surface area (Å²) in [6.07, 6.45) is 3.09.